The molecule has 1 atom stereocenters. The largest absolute Gasteiger partial charge is 0.497 e. The molecule has 0 radical (unpaired) electrons. The molecule has 0 saturated carbocycles. The van der Waals surface area contributed by atoms with Crippen LogP contribution in [0.2, 0.25) is 0 Å². The van der Waals surface area contributed by atoms with Gasteiger partial charge in [-0.1, -0.05) is 17.8 Å². The Bertz CT molecular complexity index is 704. The zero-order chi connectivity index (χ0) is 16.6. The van der Waals surface area contributed by atoms with Crippen molar-refractivity contribution in [3.63, 3.8) is 0 Å². The maximum absolute atomic E-state index is 12.2. The van der Waals surface area contributed by atoms with E-state index >= 15 is 0 Å². The van der Waals surface area contributed by atoms with Gasteiger partial charge in [0.15, 0.2) is 5.17 Å². The molecule has 1 heterocycles. The molecule has 1 N–H and O–H groups in total. The van der Waals surface area contributed by atoms with Gasteiger partial charge in [-0.15, -0.1) is 5.10 Å². The SMILES string of the molecule is COc1ccc2c(c1)CCCC21SC(NC(C)=O)=NN1C(C)=O. The Morgan fingerprint density at radius 3 is 2.83 bits per heavy atom. The summed E-state index contributed by atoms with van der Waals surface area (Å²) in [5.74, 6) is 0.477. The third-order valence-corrected chi connectivity index (χ3v) is 5.39. The molecule has 2 aliphatic rings. The Morgan fingerprint density at radius 2 is 2.17 bits per heavy atom. The Kier molecular flexibility index (Phi) is 4.06. The number of hydrogen-bond donors (Lipinski definition) is 1. The second kappa shape index (κ2) is 5.88. The van der Waals surface area contributed by atoms with E-state index in [2.05, 4.69) is 10.4 Å². The molecule has 1 aliphatic carbocycles. The van der Waals surface area contributed by atoms with E-state index in [1.54, 1.807) is 7.11 Å². The number of nitrogens with one attached hydrogen (secondary N) is 1. The van der Waals surface area contributed by atoms with Crippen molar-refractivity contribution in [2.24, 2.45) is 5.10 Å². The van der Waals surface area contributed by atoms with Gasteiger partial charge in [-0.25, -0.2) is 5.01 Å². The lowest BCUT2D eigenvalue weighted by molar-refractivity contribution is -0.132. The van der Waals surface area contributed by atoms with E-state index in [1.807, 2.05) is 18.2 Å². The zero-order valence-electron chi connectivity index (χ0n) is 13.4. The average molecular weight is 333 g/mol. The molecule has 0 saturated heterocycles. The summed E-state index contributed by atoms with van der Waals surface area (Å²) >= 11 is 1.44. The van der Waals surface area contributed by atoms with Crippen molar-refractivity contribution < 1.29 is 14.3 Å². The van der Waals surface area contributed by atoms with Crippen LogP contribution in [0.15, 0.2) is 23.3 Å². The van der Waals surface area contributed by atoms with Crippen LogP contribution in [0.3, 0.4) is 0 Å². The number of hydrogen-bond acceptors (Lipinski definition) is 5. The molecule has 1 spiro atoms. The first kappa shape index (κ1) is 15.9. The fraction of sp³-hybridized carbons (Fsp3) is 0.438. The molecule has 1 aromatic carbocycles. The van der Waals surface area contributed by atoms with Crippen LogP contribution in [0.5, 0.6) is 5.75 Å². The van der Waals surface area contributed by atoms with Crippen LogP contribution in [0.4, 0.5) is 0 Å². The lowest BCUT2D eigenvalue weighted by Crippen LogP contribution is -2.42. The van der Waals surface area contributed by atoms with E-state index < -0.39 is 4.87 Å². The Hall–Kier alpha value is -2.02. The van der Waals surface area contributed by atoms with Crippen LogP contribution in [-0.2, 0) is 20.9 Å². The summed E-state index contributed by atoms with van der Waals surface area (Å²) in [6.07, 6.45) is 2.68. The highest BCUT2D eigenvalue weighted by atomic mass is 32.2. The van der Waals surface area contributed by atoms with Crippen LogP contribution in [0.25, 0.3) is 0 Å². The van der Waals surface area contributed by atoms with Gasteiger partial charge >= 0.3 is 0 Å². The number of thioether (sulfide) groups is 1. The third-order valence-electron chi connectivity index (χ3n) is 4.07. The lowest BCUT2D eigenvalue weighted by atomic mass is 9.86. The minimum Gasteiger partial charge on any atom is -0.497 e. The summed E-state index contributed by atoms with van der Waals surface area (Å²) in [6.45, 7) is 2.94. The lowest BCUT2D eigenvalue weighted by Gasteiger charge is -2.39. The van der Waals surface area contributed by atoms with E-state index in [-0.39, 0.29) is 11.8 Å². The number of hydrazone groups is 1. The van der Waals surface area contributed by atoms with Crippen LogP contribution < -0.4 is 10.1 Å². The molecule has 1 unspecified atom stereocenters. The maximum Gasteiger partial charge on any atom is 0.241 e. The average Bonchev–Trinajstić information content (AvgIpc) is 2.85. The van der Waals surface area contributed by atoms with E-state index in [1.165, 1.54) is 30.6 Å². The summed E-state index contributed by atoms with van der Waals surface area (Å²) in [7, 11) is 1.64. The first-order valence-corrected chi connectivity index (χ1v) is 8.31. The van der Waals surface area contributed by atoms with Crippen molar-refractivity contribution in [1.82, 2.24) is 10.3 Å². The smallest absolute Gasteiger partial charge is 0.241 e. The molecule has 2 amide bonds. The molecule has 23 heavy (non-hydrogen) atoms. The maximum atomic E-state index is 12.2. The predicted octanol–water partition coefficient (Wildman–Crippen LogP) is 2.19. The topological polar surface area (TPSA) is 71.0 Å². The number of carbonyl (C=O) groups is 2. The first-order valence-electron chi connectivity index (χ1n) is 7.49. The normalized spacial score (nSPS) is 22.6. The number of ether oxygens (including phenoxy) is 1. The Labute approximate surface area is 139 Å². The zero-order valence-corrected chi connectivity index (χ0v) is 14.2. The van der Waals surface area contributed by atoms with Crippen molar-refractivity contribution in [3.8, 4) is 5.75 Å². The molecular weight excluding hydrogens is 314 g/mol. The molecular formula is C16H19N3O3S. The second-order valence-electron chi connectivity index (χ2n) is 5.68. The number of aryl methyl sites for hydroxylation is 1. The van der Waals surface area contributed by atoms with Gasteiger partial charge in [0.25, 0.3) is 0 Å². The number of rotatable bonds is 1. The summed E-state index contributed by atoms with van der Waals surface area (Å²) in [5, 5.41) is 9.03. The molecule has 0 bridgehead atoms. The fourth-order valence-corrected chi connectivity index (χ4v) is 4.63. The Morgan fingerprint density at radius 1 is 1.39 bits per heavy atom. The minimum atomic E-state index is -0.580. The number of methoxy groups -OCH3 is 1. The number of benzene rings is 1. The number of amidine groups is 1. The molecule has 1 aliphatic heterocycles. The van der Waals surface area contributed by atoms with Crippen LogP contribution in [-0.4, -0.2) is 29.1 Å². The molecule has 0 fully saturated rings. The third kappa shape index (κ3) is 2.69. The standard InChI is InChI=1S/C16H19N3O3S/c1-10(20)17-15-18-19(11(2)21)16(23-15)8-4-5-12-9-13(22-3)6-7-14(12)16/h6-7,9H,4-5,8H2,1-3H3,(H,17,18,20). The minimum absolute atomic E-state index is 0.137. The van der Waals surface area contributed by atoms with Gasteiger partial charge in [-0.3, -0.25) is 9.59 Å². The van der Waals surface area contributed by atoms with Gasteiger partial charge < -0.3 is 10.1 Å². The molecule has 6 nitrogen and oxygen atoms in total. The van der Waals surface area contributed by atoms with Crippen LogP contribution in [0, 0.1) is 0 Å². The summed E-state index contributed by atoms with van der Waals surface area (Å²) in [4.78, 5) is 22.9. The molecule has 1 aromatic rings. The van der Waals surface area contributed by atoms with Gasteiger partial charge in [0, 0.05) is 13.8 Å². The number of carbonyl (C=O) groups excluding carboxylic acids is 2. The molecule has 7 heteroatoms. The van der Waals surface area contributed by atoms with Crippen molar-refractivity contribution in [2.75, 3.05) is 7.11 Å². The predicted molar refractivity (Wildman–Crippen MR) is 89.0 cm³/mol. The van der Waals surface area contributed by atoms with E-state index in [0.717, 1.165) is 36.1 Å². The first-order chi connectivity index (χ1) is 11.0. The second-order valence-corrected chi connectivity index (χ2v) is 6.95. The molecule has 3 rings (SSSR count). The quantitative estimate of drug-likeness (QED) is 0.855. The van der Waals surface area contributed by atoms with E-state index in [4.69, 9.17) is 4.74 Å². The number of fused-ring (bicyclic) bond motifs is 2. The van der Waals surface area contributed by atoms with Gasteiger partial charge in [-0.2, -0.15) is 0 Å². The van der Waals surface area contributed by atoms with Gasteiger partial charge in [0.05, 0.1) is 7.11 Å². The van der Waals surface area contributed by atoms with Crippen LogP contribution in [0.1, 0.15) is 37.8 Å². The number of amides is 2. The highest BCUT2D eigenvalue weighted by Gasteiger charge is 2.49. The van der Waals surface area contributed by atoms with E-state index in [0.29, 0.717) is 5.17 Å². The van der Waals surface area contributed by atoms with Gasteiger partial charge in [0.2, 0.25) is 11.8 Å². The van der Waals surface area contributed by atoms with Crippen molar-refractivity contribution in [2.45, 2.75) is 38.0 Å². The van der Waals surface area contributed by atoms with Crippen molar-refractivity contribution in [1.29, 1.82) is 0 Å². The highest BCUT2D eigenvalue weighted by molar-refractivity contribution is 8.14. The Balaban J connectivity index is 2.05. The molecule has 122 valence electrons. The summed E-state index contributed by atoms with van der Waals surface area (Å²) in [6, 6.07) is 5.93. The van der Waals surface area contributed by atoms with Crippen LogP contribution >= 0.6 is 11.8 Å². The molecule has 0 aromatic heterocycles. The fourth-order valence-electron chi connectivity index (χ4n) is 3.19. The van der Waals surface area contributed by atoms with Crippen molar-refractivity contribution in [3.05, 3.63) is 29.3 Å². The number of nitrogens with zero attached hydrogens (tertiary/aromatic N) is 2. The van der Waals surface area contributed by atoms with E-state index in [9.17, 15) is 9.59 Å². The highest BCUT2D eigenvalue weighted by Crippen LogP contribution is 2.52. The monoisotopic (exact) mass is 333 g/mol. The van der Waals surface area contributed by atoms with Gasteiger partial charge in [-0.05, 0) is 42.5 Å². The summed E-state index contributed by atoms with van der Waals surface area (Å²) < 4.78 is 5.31. The summed E-state index contributed by atoms with van der Waals surface area (Å²) in [5.41, 5.74) is 2.22. The van der Waals surface area contributed by atoms with Gasteiger partial charge in [0.1, 0.15) is 10.6 Å². The van der Waals surface area contributed by atoms with Crippen molar-refractivity contribution >= 4 is 28.7 Å².